The zero-order chi connectivity index (χ0) is 16.7. The monoisotopic (exact) mass is 332 g/mol. The van der Waals surface area contributed by atoms with Crippen molar-refractivity contribution < 1.29 is 14.2 Å². The highest BCUT2D eigenvalue weighted by atomic mass is 32.1. The second-order valence-corrected chi connectivity index (χ2v) is 5.17. The molecule has 0 saturated carbocycles. The molecule has 0 aromatic heterocycles. The molecular weight excluding hydrogens is 312 g/mol. The van der Waals surface area contributed by atoms with Crippen molar-refractivity contribution in [3.8, 4) is 17.2 Å². The first-order chi connectivity index (χ1) is 11.1. The van der Waals surface area contributed by atoms with Crippen LogP contribution in [0.4, 0.5) is 5.69 Å². The second kappa shape index (κ2) is 8.24. The summed E-state index contributed by atoms with van der Waals surface area (Å²) in [5.74, 6) is 2.21. The molecule has 6 heteroatoms. The van der Waals surface area contributed by atoms with E-state index in [-0.39, 0.29) is 0 Å². The summed E-state index contributed by atoms with van der Waals surface area (Å²) in [6, 6.07) is 13.3. The van der Waals surface area contributed by atoms with Crippen molar-refractivity contribution in [1.29, 1.82) is 0 Å². The van der Waals surface area contributed by atoms with E-state index in [1.54, 1.807) is 27.4 Å². The Morgan fingerprint density at radius 1 is 0.913 bits per heavy atom. The van der Waals surface area contributed by atoms with Gasteiger partial charge in [0.15, 0.2) is 5.11 Å². The standard InChI is InChI=1S/C17H20N2O3S/c1-20-14-6-4-5-12(7-14)11-18-17(23)19-13-8-15(21-2)10-16(9-13)22-3/h4-10H,11H2,1-3H3,(H2,18,19,23). The fraction of sp³-hybridized carbons (Fsp3) is 0.235. The summed E-state index contributed by atoms with van der Waals surface area (Å²) in [6.45, 7) is 0.601. The topological polar surface area (TPSA) is 51.8 Å². The molecule has 0 aliphatic rings. The van der Waals surface area contributed by atoms with Gasteiger partial charge in [-0.15, -0.1) is 0 Å². The van der Waals surface area contributed by atoms with Crippen LogP contribution in [0.25, 0.3) is 0 Å². The van der Waals surface area contributed by atoms with E-state index in [0.29, 0.717) is 23.2 Å². The highest BCUT2D eigenvalue weighted by molar-refractivity contribution is 7.80. The molecule has 0 bridgehead atoms. The van der Waals surface area contributed by atoms with Crippen molar-refractivity contribution in [2.24, 2.45) is 0 Å². The van der Waals surface area contributed by atoms with E-state index in [2.05, 4.69) is 10.6 Å². The smallest absolute Gasteiger partial charge is 0.171 e. The predicted molar refractivity (Wildman–Crippen MR) is 95.6 cm³/mol. The average Bonchev–Trinajstić information content (AvgIpc) is 2.59. The third kappa shape index (κ3) is 5.03. The maximum absolute atomic E-state index is 5.32. The molecule has 0 heterocycles. The molecule has 5 nitrogen and oxygen atoms in total. The summed E-state index contributed by atoms with van der Waals surface area (Å²) in [5.41, 5.74) is 1.88. The first kappa shape index (κ1) is 16.9. The number of hydrogen-bond donors (Lipinski definition) is 2. The van der Waals surface area contributed by atoms with Gasteiger partial charge in [-0.2, -0.15) is 0 Å². The molecule has 0 radical (unpaired) electrons. The van der Waals surface area contributed by atoms with Crippen LogP contribution >= 0.6 is 12.2 Å². The molecule has 23 heavy (non-hydrogen) atoms. The Bertz CT molecular complexity index is 654. The summed E-state index contributed by atoms with van der Waals surface area (Å²) in [6.07, 6.45) is 0. The first-order valence-electron chi connectivity index (χ1n) is 7.05. The van der Waals surface area contributed by atoms with E-state index in [4.69, 9.17) is 26.4 Å². The van der Waals surface area contributed by atoms with Gasteiger partial charge in [0, 0.05) is 30.4 Å². The Labute approximate surface area is 141 Å². The lowest BCUT2D eigenvalue weighted by molar-refractivity contribution is 0.395. The van der Waals surface area contributed by atoms with Crippen LogP contribution < -0.4 is 24.8 Å². The molecule has 0 saturated heterocycles. The number of nitrogens with one attached hydrogen (secondary N) is 2. The van der Waals surface area contributed by atoms with Gasteiger partial charge < -0.3 is 24.8 Å². The quantitative estimate of drug-likeness (QED) is 0.792. The Morgan fingerprint density at radius 2 is 1.57 bits per heavy atom. The minimum atomic E-state index is 0.517. The van der Waals surface area contributed by atoms with E-state index in [1.165, 1.54) is 0 Å². The highest BCUT2D eigenvalue weighted by Crippen LogP contribution is 2.25. The van der Waals surface area contributed by atoms with Crippen LogP contribution in [-0.2, 0) is 6.54 Å². The Morgan fingerprint density at radius 3 is 2.17 bits per heavy atom. The van der Waals surface area contributed by atoms with E-state index in [1.807, 2.05) is 36.4 Å². The average molecular weight is 332 g/mol. The molecule has 0 amide bonds. The van der Waals surface area contributed by atoms with Crippen molar-refractivity contribution in [2.45, 2.75) is 6.54 Å². The Kier molecular flexibility index (Phi) is 6.05. The zero-order valence-electron chi connectivity index (χ0n) is 13.4. The summed E-state index contributed by atoms with van der Waals surface area (Å²) in [4.78, 5) is 0. The van der Waals surface area contributed by atoms with Gasteiger partial charge in [0.05, 0.1) is 21.3 Å². The van der Waals surface area contributed by atoms with Gasteiger partial charge in [-0.3, -0.25) is 0 Å². The first-order valence-corrected chi connectivity index (χ1v) is 7.46. The van der Waals surface area contributed by atoms with Gasteiger partial charge in [-0.1, -0.05) is 12.1 Å². The maximum Gasteiger partial charge on any atom is 0.171 e. The number of rotatable bonds is 6. The van der Waals surface area contributed by atoms with Crippen molar-refractivity contribution in [1.82, 2.24) is 5.32 Å². The van der Waals surface area contributed by atoms with Gasteiger partial charge in [0.1, 0.15) is 17.2 Å². The molecule has 0 unspecified atom stereocenters. The molecule has 2 aromatic rings. The zero-order valence-corrected chi connectivity index (χ0v) is 14.2. The Hall–Kier alpha value is -2.47. The third-order valence-corrected chi connectivity index (χ3v) is 3.44. The molecular formula is C17H20N2O3S. The molecule has 0 aliphatic carbocycles. The molecule has 122 valence electrons. The molecule has 2 rings (SSSR count). The van der Waals surface area contributed by atoms with Crippen LogP contribution in [0.3, 0.4) is 0 Å². The molecule has 0 spiro atoms. The van der Waals surface area contributed by atoms with Crippen molar-refractivity contribution >= 4 is 23.0 Å². The van der Waals surface area contributed by atoms with Crippen LogP contribution in [-0.4, -0.2) is 26.4 Å². The van der Waals surface area contributed by atoms with Gasteiger partial charge in [0.25, 0.3) is 0 Å². The van der Waals surface area contributed by atoms with E-state index in [0.717, 1.165) is 17.0 Å². The van der Waals surface area contributed by atoms with Gasteiger partial charge >= 0.3 is 0 Å². The van der Waals surface area contributed by atoms with Gasteiger partial charge in [0.2, 0.25) is 0 Å². The van der Waals surface area contributed by atoms with E-state index in [9.17, 15) is 0 Å². The fourth-order valence-corrected chi connectivity index (χ4v) is 2.21. The van der Waals surface area contributed by atoms with Crippen LogP contribution in [0, 0.1) is 0 Å². The lowest BCUT2D eigenvalue weighted by Crippen LogP contribution is -2.27. The van der Waals surface area contributed by atoms with Crippen LogP contribution in [0.2, 0.25) is 0 Å². The minimum Gasteiger partial charge on any atom is -0.497 e. The number of benzene rings is 2. The van der Waals surface area contributed by atoms with Crippen LogP contribution in [0.15, 0.2) is 42.5 Å². The second-order valence-electron chi connectivity index (χ2n) is 4.76. The maximum atomic E-state index is 5.32. The number of hydrogen-bond acceptors (Lipinski definition) is 4. The third-order valence-electron chi connectivity index (χ3n) is 3.20. The van der Waals surface area contributed by atoms with Crippen molar-refractivity contribution in [3.63, 3.8) is 0 Å². The predicted octanol–water partition coefficient (Wildman–Crippen LogP) is 3.20. The number of methoxy groups -OCH3 is 3. The largest absolute Gasteiger partial charge is 0.497 e. The van der Waals surface area contributed by atoms with Crippen LogP contribution in [0.1, 0.15) is 5.56 Å². The lowest BCUT2D eigenvalue weighted by atomic mass is 10.2. The number of thiocarbonyl (C=S) groups is 1. The van der Waals surface area contributed by atoms with Gasteiger partial charge in [-0.25, -0.2) is 0 Å². The summed E-state index contributed by atoms with van der Waals surface area (Å²) in [7, 11) is 4.87. The Balaban J connectivity index is 1.96. The molecule has 2 N–H and O–H groups in total. The normalized spacial score (nSPS) is 9.87. The minimum absolute atomic E-state index is 0.517. The van der Waals surface area contributed by atoms with Crippen molar-refractivity contribution in [2.75, 3.05) is 26.6 Å². The highest BCUT2D eigenvalue weighted by Gasteiger charge is 2.04. The van der Waals surface area contributed by atoms with E-state index < -0.39 is 0 Å². The summed E-state index contributed by atoms with van der Waals surface area (Å²) in [5, 5.41) is 6.79. The van der Waals surface area contributed by atoms with Crippen molar-refractivity contribution in [3.05, 3.63) is 48.0 Å². The molecule has 0 fully saturated rings. The van der Waals surface area contributed by atoms with Gasteiger partial charge in [-0.05, 0) is 29.9 Å². The fourth-order valence-electron chi connectivity index (χ4n) is 2.02. The number of anilines is 1. The van der Waals surface area contributed by atoms with E-state index >= 15 is 0 Å². The summed E-state index contributed by atoms with van der Waals surface area (Å²) >= 11 is 5.32. The molecule has 0 atom stereocenters. The SMILES string of the molecule is COc1cccc(CNC(=S)Nc2cc(OC)cc(OC)c2)c1. The number of ether oxygens (including phenoxy) is 3. The summed E-state index contributed by atoms with van der Waals surface area (Å²) < 4.78 is 15.7. The van der Waals surface area contributed by atoms with Crippen LogP contribution in [0.5, 0.6) is 17.2 Å². The molecule has 0 aliphatic heterocycles. The lowest BCUT2D eigenvalue weighted by Gasteiger charge is -2.13. The molecule has 2 aromatic carbocycles.